The maximum atomic E-state index is 14.4. The Bertz CT molecular complexity index is 2110. The van der Waals surface area contributed by atoms with E-state index in [1.165, 1.54) is 19.3 Å². The Kier molecular flexibility index (Phi) is 14.4. The fraction of sp³-hybridized carbons (Fsp3) is 0.587. The van der Waals surface area contributed by atoms with Gasteiger partial charge in [-0.25, -0.2) is 9.48 Å². The van der Waals surface area contributed by atoms with Crippen molar-refractivity contribution in [3.05, 3.63) is 75.7 Å². The zero-order valence-electron chi connectivity index (χ0n) is 35.4. The van der Waals surface area contributed by atoms with Gasteiger partial charge in [0.2, 0.25) is 5.91 Å². The number of carbonyl (C=O) groups is 3. The highest BCUT2D eigenvalue weighted by Crippen LogP contribution is 2.28. The zero-order chi connectivity index (χ0) is 41.3. The van der Waals surface area contributed by atoms with Gasteiger partial charge >= 0.3 is 12.0 Å². The van der Waals surface area contributed by atoms with Crippen molar-refractivity contribution in [2.24, 2.45) is 0 Å². The molecule has 3 fully saturated rings. The molecule has 2 N–H and O–H groups in total. The number of esters is 1. The summed E-state index contributed by atoms with van der Waals surface area (Å²) < 4.78 is 7.22. The van der Waals surface area contributed by atoms with Crippen molar-refractivity contribution in [1.29, 1.82) is 0 Å². The number of nitrogens with zero attached hydrogens (tertiary/aromatic N) is 6. The number of ether oxygens (including phenoxy) is 1. The van der Waals surface area contributed by atoms with E-state index >= 15 is 0 Å². The van der Waals surface area contributed by atoms with Crippen molar-refractivity contribution in [2.75, 3.05) is 59.4 Å². The number of hydrogen-bond donors (Lipinski definition) is 2. The van der Waals surface area contributed by atoms with Gasteiger partial charge in [-0.15, -0.1) is 0 Å². The molecule has 4 aromatic rings. The average Bonchev–Trinajstić information content (AvgIpc) is 3.67. The Morgan fingerprint density at radius 3 is 2.36 bits per heavy atom. The number of likely N-dealkylation sites (tertiary alicyclic amines) is 2. The quantitative estimate of drug-likeness (QED) is 0.108. The number of aryl methyl sites for hydroxylation is 1. The summed E-state index contributed by atoms with van der Waals surface area (Å²) in [6.07, 6.45) is 12.9. The summed E-state index contributed by atoms with van der Waals surface area (Å²) in [6.45, 7) is 10.3. The highest BCUT2D eigenvalue weighted by molar-refractivity contribution is 5.88. The Morgan fingerprint density at radius 2 is 1.59 bits per heavy atom. The summed E-state index contributed by atoms with van der Waals surface area (Å²) in [5.74, 6) is -0.233. The molecule has 59 heavy (non-hydrogen) atoms. The Labute approximate surface area is 348 Å². The second kappa shape index (κ2) is 20.0. The van der Waals surface area contributed by atoms with E-state index in [9.17, 15) is 19.2 Å². The van der Waals surface area contributed by atoms with Gasteiger partial charge in [0.1, 0.15) is 6.04 Å². The predicted molar refractivity (Wildman–Crippen MR) is 231 cm³/mol. The Hall–Kier alpha value is -4.75. The van der Waals surface area contributed by atoms with E-state index in [0.29, 0.717) is 57.9 Å². The molecular formula is C46H64N8O5. The summed E-state index contributed by atoms with van der Waals surface area (Å²) in [5.41, 5.74) is 4.19. The first kappa shape index (κ1) is 42.4. The SMILES string of the molecule is CCCCCCCCC(=O)OCn1cc2cc(CC(NC(=O)N3CCC(c4cc5ccccc5[nH]c4=O)CC3)C(=O)N3CCN(C4CCN(C)CC4)CC3)cc(C)c2n1. The molecule has 0 spiro atoms. The smallest absolute Gasteiger partial charge is 0.318 e. The summed E-state index contributed by atoms with van der Waals surface area (Å²) in [7, 11) is 2.18. The van der Waals surface area contributed by atoms with Gasteiger partial charge in [0.05, 0.1) is 5.52 Å². The van der Waals surface area contributed by atoms with Crippen LogP contribution in [0.5, 0.6) is 0 Å². The Balaban J connectivity index is 1.01. The third-order valence-corrected chi connectivity index (χ3v) is 12.9. The normalized spacial score (nSPS) is 18.1. The van der Waals surface area contributed by atoms with Crippen LogP contribution in [0.1, 0.15) is 100 Å². The minimum absolute atomic E-state index is 0.0464. The second-order valence-electron chi connectivity index (χ2n) is 17.2. The lowest BCUT2D eigenvalue weighted by Gasteiger charge is -2.43. The van der Waals surface area contributed by atoms with Crippen molar-refractivity contribution in [3.8, 4) is 0 Å². The van der Waals surface area contributed by atoms with Gasteiger partial charge in [0, 0.05) is 80.8 Å². The maximum absolute atomic E-state index is 14.4. The number of H-pyrrole nitrogens is 1. The molecule has 1 unspecified atom stereocenters. The first-order valence-corrected chi connectivity index (χ1v) is 22.2. The number of aromatic nitrogens is 3. The summed E-state index contributed by atoms with van der Waals surface area (Å²) >= 11 is 0. The summed E-state index contributed by atoms with van der Waals surface area (Å²) in [5, 5.41) is 9.77. The number of hydrogen-bond acceptors (Lipinski definition) is 8. The van der Waals surface area contributed by atoms with Crippen LogP contribution in [0, 0.1) is 6.92 Å². The fourth-order valence-electron chi connectivity index (χ4n) is 9.31. The molecule has 2 aromatic heterocycles. The van der Waals surface area contributed by atoms with Crippen LogP contribution >= 0.6 is 0 Å². The first-order valence-electron chi connectivity index (χ1n) is 22.2. The van der Waals surface area contributed by atoms with Crippen molar-refractivity contribution < 1.29 is 19.1 Å². The number of carbonyl (C=O) groups excluding carboxylic acids is 3. The molecule has 3 aliphatic rings. The van der Waals surface area contributed by atoms with Crippen LogP contribution in [0.25, 0.3) is 21.8 Å². The molecule has 3 aliphatic heterocycles. The summed E-state index contributed by atoms with van der Waals surface area (Å²) in [4.78, 5) is 65.6. The van der Waals surface area contributed by atoms with Gasteiger partial charge < -0.3 is 29.7 Å². The average molecular weight is 809 g/mol. The van der Waals surface area contributed by atoms with E-state index < -0.39 is 6.04 Å². The summed E-state index contributed by atoms with van der Waals surface area (Å²) in [6, 6.07) is 13.4. The number of unbranched alkanes of at least 4 members (excludes halogenated alkanes) is 5. The van der Waals surface area contributed by atoms with Crippen LogP contribution < -0.4 is 10.9 Å². The fourth-order valence-corrected chi connectivity index (χ4v) is 9.31. The van der Waals surface area contributed by atoms with Gasteiger partial charge in [0.15, 0.2) is 6.73 Å². The number of fused-ring (bicyclic) bond motifs is 2. The number of piperidine rings is 2. The molecular weight excluding hydrogens is 745 g/mol. The molecule has 0 radical (unpaired) electrons. The monoisotopic (exact) mass is 808 g/mol. The number of urea groups is 1. The van der Waals surface area contributed by atoms with Crippen molar-refractivity contribution in [1.82, 2.24) is 39.7 Å². The molecule has 13 heteroatoms. The van der Waals surface area contributed by atoms with Gasteiger partial charge in [-0.3, -0.25) is 19.3 Å². The molecule has 2 aromatic carbocycles. The largest absolute Gasteiger partial charge is 0.442 e. The number of para-hydroxylation sites is 1. The van der Waals surface area contributed by atoms with Gasteiger partial charge in [-0.1, -0.05) is 63.3 Å². The van der Waals surface area contributed by atoms with E-state index in [2.05, 4.69) is 34.1 Å². The first-order chi connectivity index (χ1) is 28.6. The van der Waals surface area contributed by atoms with Gasteiger partial charge in [-0.2, -0.15) is 5.10 Å². The molecule has 318 valence electrons. The second-order valence-corrected chi connectivity index (χ2v) is 17.2. The number of aromatic amines is 1. The van der Waals surface area contributed by atoms with Crippen LogP contribution in [0.4, 0.5) is 4.79 Å². The van der Waals surface area contributed by atoms with Gasteiger partial charge in [-0.05, 0) is 99.8 Å². The van der Waals surface area contributed by atoms with Crippen molar-refractivity contribution in [2.45, 2.75) is 116 Å². The number of piperazine rings is 1. The van der Waals surface area contributed by atoms with Gasteiger partial charge in [0.25, 0.3) is 5.56 Å². The molecule has 13 nitrogen and oxygen atoms in total. The van der Waals surface area contributed by atoms with E-state index in [4.69, 9.17) is 9.84 Å². The molecule has 5 heterocycles. The van der Waals surface area contributed by atoms with Crippen LogP contribution in [-0.2, 0) is 27.5 Å². The number of nitrogens with one attached hydrogen (secondary N) is 2. The van der Waals surface area contributed by atoms with E-state index in [1.54, 1.807) is 9.58 Å². The third kappa shape index (κ3) is 10.9. The van der Waals surface area contributed by atoms with Crippen molar-refractivity contribution >= 4 is 39.7 Å². The van der Waals surface area contributed by atoms with Crippen molar-refractivity contribution in [3.63, 3.8) is 0 Å². The van der Waals surface area contributed by atoms with Crippen LogP contribution in [-0.4, -0.2) is 124 Å². The third-order valence-electron chi connectivity index (χ3n) is 12.9. The molecule has 0 aliphatic carbocycles. The van der Waals surface area contributed by atoms with Crippen LogP contribution in [0.15, 0.2) is 53.5 Å². The zero-order valence-corrected chi connectivity index (χ0v) is 35.4. The van der Waals surface area contributed by atoms with E-state index in [0.717, 1.165) is 96.8 Å². The predicted octanol–water partition coefficient (Wildman–Crippen LogP) is 6.18. The lowest BCUT2D eigenvalue weighted by Crippen LogP contribution is -2.59. The molecule has 7 rings (SSSR count). The molecule has 0 bridgehead atoms. The molecule has 3 saturated heterocycles. The minimum Gasteiger partial charge on any atom is -0.442 e. The number of amides is 3. The highest BCUT2D eigenvalue weighted by Gasteiger charge is 2.34. The van der Waals surface area contributed by atoms with Crippen LogP contribution in [0.2, 0.25) is 0 Å². The van der Waals surface area contributed by atoms with E-state index in [1.807, 2.05) is 60.5 Å². The minimum atomic E-state index is -0.756. The number of pyridine rings is 1. The van der Waals surface area contributed by atoms with Crippen LogP contribution in [0.3, 0.4) is 0 Å². The van der Waals surface area contributed by atoms with E-state index in [-0.39, 0.29) is 36.1 Å². The number of benzene rings is 2. The lowest BCUT2D eigenvalue weighted by molar-refractivity contribution is -0.148. The standard InChI is InChI=1S/C46H64N8O5/c1-4-5-6-7-8-9-14-42(55)59-32-54-31-37-28-34(27-33(2)43(37)49-54)29-41(45(57)52-25-23-51(24-26-52)38-17-19-50(3)20-18-38)48-46(58)53-21-15-35(16-22-53)39-30-36-12-10-11-13-40(36)47-44(39)56/h10-13,27-28,30-31,35,38,41H,4-9,14-26,29,32H2,1-3H3,(H,47,56)(H,48,58). The molecule has 3 amide bonds. The molecule has 0 saturated carbocycles. The highest BCUT2D eigenvalue weighted by atomic mass is 16.5. The number of rotatable bonds is 15. The topological polar surface area (TPSA) is 136 Å². The molecule has 1 atom stereocenters. The lowest BCUT2D eigenvalue weighted by atomic mass is 9.89. The maximum Gasteiger partial charge on any atom is 0.318 e. The Morgan fingerprint density at radius 1 is 0.864 bits per heavy atom.